The third-order valence-electron chi connectivity index (χ3n) is 3.32. The summed E-state index contributed by atoms with van der Waals surface area (Å²) >= 11 is 0. The molecule has 2 aromatic rings. The summed E-state index contributed by atoms with van der Waals surface area (Å²) in [6.07, 6.45) is 0.991. The molecule has 1 nitrogen and oxygen atoms in total. The van der Waals surface area contributed by atoms with Crippen LogP contribution in [0.4, 0.5) is 10.1 Å². The molecular formula is C15H14FN. The van der Waals surface area contributed by atoms with Crippen molar-refractivity contribution in [2.75, 3.05) is 11.4 Å². The molecule has 0 atom stereocenters. The highest BCUT2D eigenvalue weighted by Gasteiger charge is 2.17. The molecule has 17 heavy (non-hydrogen) atoms. The first-order valence-electron chi connectivity index (χ1n) is 5.91. The van der Waals surface area contributed by atoms with Crippen LogP contribution in [0, 0.1) is 5.82 Å². The Balaban J connectivity index is 1.92. The third kappa shape index (κ3) is 1.91. The number of rotatable bonds is 1. The summed E-state index contributed by atoms with van der Waals surface area (Å²) in [6.45, 7) is 1.69. The number of benzene rings is 2. The summed E-state index contributed by atoms with van der Waals surface area (Å²) in [5.41, 5.74) is 3.41. The van der Waals surface area contributed by atoms with Crippen molar-refractivity contribution in [1.82, 2.24) is 0 Å². The Morgan fingerprint density at radius 3 is 2.41 bits per heavy atom. The molecule has 0 unspecified atom stereocenters. The second-order valence-corrected chi connectivity index (χ2v) is 4.39. The smallest absolute Gasteiger partial charge is 0.146 e. The standard InChI is InChI=1S/C15H14FN/c16-14-7-3-4-8-15(14)17-10-9-12-5-1-2-6-13(12)11-17/h1-8H,9-11H2. The molecule has 2 aromatic carbocycles. The number of para-hydroxylation sites is 1. The van der Waals surface area contributed by atoms with Gasteiger partial charge in [0, 0.05) is 13.1 Å². The molecule has 0 N–H and O–H groups in total. The molecule has 0 saturated carbocycles. The van der Waals surface area contributed by atoms with Crippen molar-refractivity contribution in [3.05, 3.63) is 65.5 Å². The monoisotopic (exact) mass is 227 g/mol. The highest BCUT2D eigenvalue weighted by atomic mass is 19.1. The number of hydrogen-bond acceptors (Lipinski definition) is 1. The van der Waals surface area contributed by atoms with Gasteiger partial charge >= 0.3 is 0 Å². The second kappa shape index (κ2) is 4.21. The van der Waals surface area contributed by atoms with E-state index in [0.29, 0.717) is 5.69 Å². The van der Waals surface area contributed by atoms with Crippen LogP contribution in [0.5, 0.6) is 0 Å². The van der Waals surface area contributed by atoms with Gasteiger partial charge in [0.1, 0.15) is 5.82 Å². The van der Waals surface area contributed by atoms with Crippen molar-refractivity contribution in [3.8, 4) is 0 Å². The third-order valence-corrected chi connectivity index (χ3v) is 3.32. The topological polar surface area (TPSA) is 3.24 Å². The van der Waals surface area contributed by atoms with Gasteiger partial charge in [-0.15, -0.1) is 0 Å². The zero-order valence-corrected chi connectivity index (χ0v) is 9.57. The SMILES string of the molecule is Fc1ccccc1N1CCc2ccccc2C1. The molecule has 3 rings (SSSR count). The Morgan fingerprint density at radius 1 is 0.882 bits per heavy atom. The van der Waals surface area contributed by atoms with E-state index in [-0.39, 0.29) is 5.82 Å². The van der Waals surface area contributed by atoms with Crippen molar-refractivity contribution >= 4 is 5.69 Å². The molecule has 0 saturated heterocycles. The summed E-state index contributed by atoms with van der Waals surface area (Å²) in [5.74, 6) is -0.133. The van der Waals surface area contributed by atoms with E-state index < -0.39 is 0 Å². The summed E-state index contributed by atoms with van der Waals surface area (Å²) in [4.78, 5) is 2.11. The maximum absolute atomic E-state index is 13.7. The zero-order chi connectivity index (χ0) is 11.7. The molecule has 0 bridgehead atoms. The Hall–Kier alpha value is -1.83. The van der Waals surface area contributed by atoms with Crippen LogP contribution in [0.25, 0.3) is 0 Å². The van der Waals surface area contributed by atoms with Crippen LogP contribution in [0.1, 0.15) is 11.1 Å². The molecule has 1 aliphatic heterocycles. The van der Waals surface area contributed by atoms with E-state index in [1.54, 1.807) is 6.07 Å². The molecule has 0 aliphatic carbocycles. The van der Waals surface area contributed by atoms with Gasteiger partial charge in [-0.05, 0) is 29.7 Å². The van der Waals surface area contributed by atoms with Crippen LogP contribution in [-0.2, 0) is 13.0 Å². The maximum atomic E-state index is 13.7. The lowest BCUT2D eigenvalue weighted by atomic mass is 9.99. The van der Waals surface area contributed by atoms with Crippen molar-refractivity contribution in [3.63, 3.8) is 0 Å². The lowest BCUT2D eigenvalue weighted by molar-refractivity contribution is 0.610. The summed E-state index contributed by atoms with van der Waals surface area (Å²) in [6, 6.07) is 15.4. The molecule has 0 fully saturated rings. The fraction of sp³-hybridized carbons (Fsp3) is 0.200. The number of nitrogens with zero attached hydrogens (tertiary/aromatic N) is 1. The average molecular weight is 227 g/mol. The Morgan fingerprint density at radius 2 is 1.59 bits per heavy atom. The average Bonchev–Trinajstić information content (AvgIpc) is 2.39. The summed E-state index contributed by atoms with van der Waals surface area (Å²) < 4.78 is 13.7. The predicted octanol–water partition coefficient (Wildman–Crippen LogP) is 3.39. The molecule has 0 spiro atoms. The van der Waals surface area contributed by atoms with Crippen LogP contribution < -0.4 is 4.90 Å². The van der Waals surface area contributed by atoms with Crippen LogP contribution >= 0.6 is 0 Å². The molecule has 1 heterocycles. The normalized spacial score (nSPS) is 14.5. The molecule has 0 aromatic heterocycles. The van der Waals surface area contributed by atoms with Gasteiger partial charge < -0.3 is 4.90 Å². The first kappa shape index (κ1) is 10.3. The largest absolute Gasteiger partial charge is 0.364 e. The number of anilines is 1. The van der Waals surface area contributed by atoms with E-state index in [1.807, 2.05) is 18.2 Å². The van der Waals surface area contributed by atoms with Gasteiger partial charge in [0.2, 0.25) is 0 Å². The van der Waals surface area contributed by atoms with Crippen molar-refractivity contribution < 1.29 is 4.39 Å². The highest BCUT2D eigenvalue weighted by molar-refractivity contribution is 5.50. The molecule has 86 valence electrons. The van der Waals surface area contributed by atoms with Gasteiger partial charge in [-0.3, -0.25) is 0 Å². The van der Waals surface area contributed by atoms with E-state index in [1.165, 1.54) is 17.2 Å². The van der Waals surface area contributed by atoms with E-state index in [0.717, 1.165) is 19.5 Å². The minimum Gasteiger partial charge on any atom is -0.364 e. The predicted molar refractivity (Wildman–Crippen MR) is 67.6 cm³/mol. The fourth-order valence-corrected chi connectivity index (χ4v) is 2.41. The maximum Gasteiger partial charge on any atom is 0.146 e. The molecule has 0 amide bonds. The van der Waals surface area contributed by atoms with E-state index in [2.05, 4.69) is 23.1 Å². The Labute approximate surface area is 101 Å². The summed E-state index contributed by atoms with van der Waals surface area (Å²) in [7, 11) is 0. The molecule has 1 aliphatic rings. The lowest BCUT2D eigenvalue weighted by Gasteiger charge is -2.30. The molecular weight excluding hydrogens is 213 g/mol. The first-order valence-corrected chi connectivity index (χ1v) is 5.91. The van der Waals surface area contributed by atoms with Crippen molar-refractivity contribution in [2.24, 2.45) is 0 Å². The highest BCUT2D eigenvalue weighted by Crippen LogP contribution is 2.26. The van der Waals surface area contributed by atoms with Gasteiger partial charge in [-0.2, -0.15) is 0 Å². The van der Waals surface area contributed by atoms with E-state index >= 15 is 0 Å². The number of halogens is 1. The molecule has 0 radical (unpaired) electrons. The van der Waals surface area contributed by atoms with Crippen LogP contribution in [0.3, 0.4) is 0 Å². The number of hydrogen-bond donors (Lipinski definition) is 0. The Kier molecular flexibility index (Phi) is 2.56. The lowest BCUT2D eigenvalue weighted by Crippen LogP contribution is -2.30. The fourth-order valence-electron chi connectivity index (χ4n) is 2.41. The number of fused-ring (bicyclic) bond motifs is 1. The van der Waals surface area contributed by atoms with Gasteiger partial charge in [0.15, 0.2) is 0 Å². The van der Waals surface area contributed by atoms with Crippen LogP contribution in [-0.4, -0.2) is 6.54 Å². The van der Waals surface area contributed by atoms with Gasteiger partial charge in [-0.25, -0.2) is 4.39 Å². The van der Waals surface area contributed by atoms with Gasteiger partial charge in [0.05, 0.1) is 5.69 Å². The molecule has 2 heteroatoms. The quantitative estimate of drug-likeness (QED) is 0.721. The van der Waals surface area contributed by atoms with E-state index in [4.69, 9.17) is 0 Å². The second-order valence-electron chi connectivity index (χ2n) is 4.39. The van der Waals surface area contributed by atoms with E-state index in [9.17, 15) is 4.39 Å². The van der Waals surface area contributed by atoms with Crippen LogP contribution in [0.15, 0.2) is 48.5 Å². The zero-order valence-electron chi connectivity index (χ0n) is 9.57. The first-order chi connectivity index (χ1) is 8.34. The minimum absolute atomic E-state index is 0.133. The van der Waals surface area contributed by atoms with Crippen molar-refractivity contribution in [2.45, 2.75) is 13.0 Å². The van der Waals surface area contributed by atoms with Crippen molar-refractivity contribution in [1.29, 1.82) is 0 Å². The minimum atomic E-state index is -0.133. The van der Waals surface area contributed by atoms with Crippen LogP contribution in [0.2, 0.25) is 0 Å². The summed E-state index contributed by atoms with van der Waals surface area (Å²) in [5, 5.41) is 0. The van der Waals surface area contributed by atoms with Gasteiger partial charge in [-0.1, -0.05) is 36.4 Å². The van der Waals surface area contributed by atoms with Gasteiger partial charge in [0.25, 0.3) is 0 Å². The Bertz CT molecular complexity index is 536.